The standard InChI is InChI=1S/C42H46N4O6.2FH/c47-38-15-13-34(35-14-16-40(49)44-41(35)38)39(48)26-43-20-17-29-6-4-10-32(24-29)52-23-5-7-28-11-12-33(30-8-2-1-3-9-30)36(25-28)46(42(50)51)37-27-45-21-18-31(37)19-22-45;;/h1-4,6,8-16,24-25,31,37,39,43,47-48H,5,7,17-23,26-27H2,(H,44,49)(H,50,51);2*1H/t37-,39+;;/m0../s1. The number of piperidine rings is 3. The quantitative estimate of drug-likeness (QED) is 0.0797. The van der Waals surface area contributed by atoms with E-state index < -0.39 is 12.2 Å². The van der Waals surface area contributed by atoms with Gasteiger partial charge in [0, 0.05) is 30.1 Å². The Balaban J connectivity index is 0.00000280. The molecule has 3 aliphatic rings. The summed E-state index contributed by atoms with van der Waals surface area (Å²) >= 11 is 0. The fourth-order valence-corrected chi connectivity index (χ4v) is 7.83. The zero-order valence-electron chi connectivity index (χ0n) is 30.0. The fraction of sp³-hybridized carbons (Fsp3) is 0.333. The Hall–Kier alpha value is -5.30. The third kappa shape index (κ3) is 9.07. The van der Waals surface area contributed by atoms with Gasteiger partial charge >= 0.3 is 6.09 Å². The van der Waals surface area contributed by atoms with Crippen LogP contribution in [0.5, 0.6) is 11.5 Å². The number of ether oxygens (including phenoxy) is 1. The monoisotopic (exact) mass is 742 g/mol. The number of phenols is 1. The maximum absolute atomic E-state index is 12.9. The van der Waals surface area contributed by atoms with E-state index in [-0.39, 0.29) is 26.8 Å². The van der Waals surface area contributed by atoms with Gasteiger partial charge in [-0.2, -0.15) is 0 Å². The zero-order valence-corrected chi connectivity index (χ0v) is 30.0. The van der Waals surface area contributed by atoms with Gasteiger partial charge in [0.25, 0.3) is 0 Å². The molecule has 12 heteroatoms. The average Bonchev–Trinajstić information content (AvgIpc) is 3.16. The van der Waals surface area contributed by atoms with Crippen LogP contribution < -0.4 is 20.5 Å². The third-order valence-electron chi connectivity index (χ3n) is 10.5. The van der Waals surface area contributed by atoms with Crippen molar-refractivity contribution in [1.29, 1.82) is 0 Å². The number of hydrogen-bond donors (Lipinski definition) is 5. The number of carboxylic acid groups (broad SMARTS) is 1. The van der Waals surface area contributed by atoms with Crippen molar-refractivity contribution in [2.45, 2.75) is 44.2 Å². The number of aromatic hydroxyl groups is 1. The smallest absolute Gasteiger partial charge is 0.412 e. The molecule has 0 aliphatic carbocycles. The highest BCUT2D eigenvalue weighted by molar-refractivity contribution is 5.94. The highest BCUT2D eigenvalue weighted by Gasteiger charge is 2.40. The summed E-state index contributed by atoms with van der Waals surface area (Å²) < 4.78 is 6.15. The number of pyridine rings is 1. The van der Waals surface area contributed by atoms with E-state index in [9.17, 15) is 24.9 Å². The molecule has 54 heavy (non-hydrogen) atoms. The number of aromatic amines is 1. The summed E-state index contributed by atoms with van der Waals surface area (Å²) in [5, 5.41) is 35.5. The van der Waals surface area contributed by atoms with Crippen molar-refractivity contribution in [3.8, 4) is 22.6 Å². The van der Waals surface area contributed by atoms with Gasteiger partial charge in [0.1, 0.15) is 11.5 Å². The Kier molecular flexibility index (Phi) is 13.4. The minimum atomic E-state index is -0.896. The van der Waals surface area contributed by atoms with E-state index in [0.717, 1.165) is 85.4 Å². The normalized spacial score (nSPS) is 18.0. The molecule has 286 valence electrons. The van der Waals surface area contributed by atoms with Crippen molar-refractivity contribution < 1.29 is 34.3 Å². The van der Waals surface area contributed by atoms with E-state index in [0.29, 0.717) is 42.1 Å². The number of benzene rings is 4. The maximum Gasteiger partial charge on any atom is 0.412 e. The van der Waals surface area contributed by atoms with E-state index in [1.54, 1.807) is 17.0 Å². The summed E-state index contributed by atoms with van der Waals surface area (Å²) in [5.41, 5.74) is 5.53. The first-order valence-corrected chi connectivity index (χ1v) is 18.2. The highest BCUT2D eigenvalue weighted by atomic mass is 19.0. The lowest BCUT2D eigenvalue weighted by atomic mass is 9.82. The molecule has 10 nitrogen and oxygen atoms in total. The van der Waals surface area contributed by atoms with Gasteiger partial charge in [-0.25, -0.2) is 4.79 Å². The number of H-pyrrole nitrogens is 1. The second kappa shape index (κ2) is 18.2. The topological polar surface area (TPSA) is 138 Å². The van der Waals surface area contributed by atoms with Crippen LogP contribution in [0.3, 0.4) is 0 Å². The number of aryl methyl sites for hydroxylation is 1. The van der Waals surface area contributed by atoms with Gasteiger partial charge in [-0.05, 0) is 110 Å². The summed E-state index contributed by atoms with van der Waals surface area (Å²) in [4.78, 5) is 31.3. The van der Waals surface area contributed by atoms with E-state index >= 15 is 0 Å². The molecule has 4 heterocycles. The summed E-state index contributed by atoms with van der Waals surface area (Å²) in [6, 6.07) is 30.4. The van der Waals surface area contributed by atoms with Gasteiger partial charge in [0.15, 0.2) is 0 Å². The Morgan fingerprint density at radius 1 is 0.926 bits per heavy atom. The van der Waals surface area contributed by atoms with Crippen molar-refractivity contribution in [1.82, 2.24) is 15.2 Å². The largest absolute Gasteiger partial charge is 0.506 e. The molecule has 0 saturated carbocycles. The Morgan fingerprint density at radius 3 is 2.44 bits per heavy atom. The maximum atomic E-state index is 12.9. The molecule has 2 atom stereocenters. The van der Waals surface area contributed by atoms with Crippen molar-refractivity contribution in [3.63, 3.8) is 0 Å². The van der Waals surface area contributed by atoms with E-state index in [1.807, 2.05) is 54.6 Å². The van der Waals surface area contributed by atoms with Crippen molar-refractivity contribution >= 4 is 22.7 Å². The highest BCUT2D eigenvalue weighted by Crippen LogP contribution is 2.39. The molecule has 1 aromatic heterocycles. The van der Waals surface area contributed by atoms with Crippen LogP contribution in [-0.4, -0.2) is 76.7 Å². The summed E-state index contributed by atoms with van der Waals surface area (Å²) in [6.07, 6.45) is 2.64. The van der Waals surface area contributed by atoms with Crippen LogP contribution in [0.15, 0.2) is 102 Å². The van der Waals surface area contributed by atoms with Gasteiger partial charge in [-0.15, -0.1) is 0 Å². The Labute approximate surface area is 312 Å². The SMILES string of the molecule is F.F.O=C(O)N(c1cc(CCCOc2cccc(CCNC[C@@H](O)c3ccc(O)c4[nH]c(=O)ccc34)c2)ccc1-c1ccccc1)[C@H]1CN2CCC1CC2. The molecule has 3 aliphatic heterocycles. The molecule has 3 saturated heterocycles. The summed E-state index contributed by atoms with van der Waals surface area (Å²) in [7, 11) is 0. The number of hydrogen-bond acceptors (Lipinski definition) is 7. The average molecular weight is 743 g/mol. The van der Waals surface area contributed by atoms with Gasteiger partial charge in [-0.3, -0.25) is 19.1 Å². The number of aliphatic hydroxyl groups is 1. The number of rotatable bonds is 14. The number of nitrogens with zero attached hydrogens (tertiary/aromatic N) is 2. The minimum absolute atomic E-state index is 0. The second-order valence-corrected chi connectivity index (χ2v) is 13.9. The van der Waals surface area contributed by atoms with Crippen molar-refractivity contribution in [3.05, 3.63) is 124 Å². The molecule has 5 aromatic rings. The van der Waals surface area contributed by atoms with Crippen LogP contribution in [0.2, 0.25) is 0 Å². The van der Waals surface area contributed by atoms with Gasteiger partial charge in [-0.1, -0.05) is 60.7 Å². The van der Waals surface area contributed by atoms with Crippen LogP contribution in [-0.2, 0) is 12.8 Å². The lowest BCUT2D eigenvalue weighted by Crippen LogP contribution is -2.59. The number of nitrogens with one attached hydrogen (secondary N) is 2. The van der Waals surface area contributed by atoms with Crippen LogP contribution in [0.25, 0.3) is 22.0 Å². The van der Waals surface area contributed by atoms with Crippen LogP contribution in [0.1, 0.15) is 42.1 Å². The van der Waals surface area contributed by atoms with Crippen LogP contribution in [0.4, 0.5) is 19.9 Å². The first-order chi connectivity index (χ1) is 25.3. The number of anilines is 1. The van der Waals surface area contributed by atoms with Crippen LogP contribution >= 0.6 is 0 Å². The third-order valence-corrected chi connectivity index (χ3v) is 10.5. The lowest BCUT2D eigenvalue weighted by molar-refractivity contribution is 0.0837. The Morgan fingerprint density at radius 2 is 1.70 bits per heavy atom. The number of halogens is 2. The number of amides is 1. The second-order valence-electron chi connectivity index (χ2n) is 13.9. The number of aliphatic hydroxyl groups excluding tert-OH is 1. The molecule has 0 spiro atoms. The van der Waals surface area contributed by atoms with Gasteiger partial charge in [0.2, 0.25) is 5.56 Å². The molecule has 0 unspecified atom stereocenters. The summed E-state index contributed by atoms with van der Waals surface area (Å²) in [5.74, 6) is 1.13. The van der Waals surface area contributed by atoms with E-state index in [1.165, 1.54) is 12.1 Å². The zero-order chi connectivity index (χ0) is 36.0. The van der Waals surface area contributed by atoms with E-state index in [4.69, 9.17) is 4.74 Å². The van der Waals surface area contributed by atoms with Crippen molar-refractivity contribution in [2.24, 2.45) is 5.92 Å². The molecular formula is C42H48F2N4O6. The van der Waals surface area contributed by atoms with Gasteiger partial charge in [0.05, 0.1) is 30.0 Å². The number of fused-ring (bicyclic) bond motifs is 4. The molecular weight excluding hydrogens is 694 g/mol. The molecule has 3 fully saturated rings. The van der Waals surface area contributed by atoms with E-state index in [2.05, 4.69) is 33.4 Å². The Bertz CT molecular complexity index is 2070. The molecule has 0 radical (unpaired) electrons. The molecule has 8 rings (SSSR count). The number of carbonyl (C=O) groups is 1. The fourth-order valence-electron chi connectivity index (χ4n) is 7.83. The molecule has 2 bridgehead atoms. The van der Waals surface area contributed by atoms with Crippen molar-refractivity contribution in [2.75, 3.05) is 44.2 Å². The predicted molar refractivity (Wildman–Crippen MR) is 208 cm³/mol. The molecule has 5 N–H and O–H groups in total. The number of phenolic OH excluding ortho intramolecular Hbond substituents is 1. The minimum Gasteiger partial charge on any atom is -0.506 e. The predicted octanol–water partition coefficient (Wildman–Crippen LogP) is 6.66. The molecule has 1 amide bonds. The van der Waals surface area contributed by atoms with Gasteiger partial charge < -0.3 is 35.3 Å². The first-order valence-electron chi connectivity index (χ1n) is 18.2. The summed E-state index contributed by atoms with van der Waals surface area (Å²) in [6.45, 7) is 4.36. The molecule has 4 aromatic carbocycles. The number of aromatic nitrogens is 1. The lowest BCUT2D eigenvalue weighted by Gasteiger charge is -2.48. The van der Waals surface area contributed by atoms with Crippen LogP contribution in [0, 0.1) is 5.92 Å². The first kappa shape index (κ1) is 39.9.